The first-order valence-electron chi connectivity index (χ1n) is 4.00. The van der Waals surface area contributed by atoms with Crippen LogP contribution in [0.15, 0.2) is 0 Å². The summed E-state index contributed by atoms with van der Waals surface area (Å²) in [6.07, 6.45) is 0.852. The smallest absolute Gasteiger partial charge is 0.0446 e. The Morgan fingerprint density at radius 3 is 2.00 bits per heavy atom. The summed E-state index contributed by atoms with van der Waals surface area (Å²) in [6.45, 7) is 1.28. The monoisotopic (exact) mass is 160 g/mol. The Morgan fingerprint density at radius 2 is 1.73 bits per heavy atom. The van der Waals surface area contributed by atoms with Crippen molar-refractivity contribution < 1.29 is 5.11 Å². The van der Waals surface area contributed by atoms with E-state index in [0.717, 1.165) is 13.0 Å². The van der Waals surface area contributed by atoms with Crippen LogP contribution >= 0.6 is 0 Å². The second-order valence-electron chi connectivity index (χ2n) is 3.39. The molecule has 0 aliphatic carbocycles. The van der Waals surface area contributed by atoms with Gasteiger partial charge in [-0.05, 0) is 34.6 Å². The van der Waals surface area contributed by atoms with Crippen molar-refractivity contribution in [1.29, 1.82) is 0 Å². The molecule has 0 fully saturated rings. The number of nitrogens with zero attached hydrogens (tertiary/aromatic N) is 2. The fraction of sp³-hybridized carbons (Fsp3) is 1.00. The molecule has 0 aromatic carbocycles. The molecule has 0 bridgehead atoms. The molecule has 0 heterocycles. The van der Waals surface area contributed by atoms with Crippen LogP contribution in [0.25, 0.3) is 0 Å². The summed E-state index contributed by atoms with van der Waals surface area (Å²) in [6, 6.07) is 0.468. The minimum absolute atomic E-state index is 0.274. The van der Waals surface area contributed by atoms with Crippen molar-refractivity contribution in [2.24, 2.45) is 0 Å². The van der Waals surface area contributed by atoms with E-state index in [4.69, 9.17) is 5.11 Å². The van der Waals surface area contributed by atoms with E-state index in [1.165, 1.54) is 0 Å². The van der Waals surface area contributed by atoms with Crippen molar-refractivity contribution in [3.63, 3.8) is 0 Å². The van der Waals surface area contributed by atoms with E-state index < -0.39 is 0 Å². The molecule has 1 N–H and O–H groups in total. The van der Waals surface area contributed by atoms with E-state index in [1.54, 1.807) is 0 Å². The van der Waals surface area contributed by atoms with Crippen molar-refractivity contribution in [3.8, 4) is 0 Å². The maximum Gasteiger partial charge on any atom is 0.0446 e. The Kier molecular flexibility index (Phi) is 5.46. The van der Waals surface area contributed by atoms with Gasteiger partial charge in [-0.2, -0.15) is 0 Å². The van der Waals surface area contributed by atoms with Gasteiger partial charge in [-0.1, -0.05) is 0 Å². The second kappa shape index (κ2) is 5.52. The van der Waals surface area contributed by atoms with Gasteiger partial charge in [0.25, 0.3) is 0 Å². The lowest BCUT2D eigenvalue weighted by atomic mass is 10.2. The number of rotatable bonds is 5. The first-order chi connectivity index (χ1) is 5.07. The molecule has 0 saturated carbocycles. The first kappa shape index (κ1) is 10.9. The zero-order valence-electron chi connectivity index (χ0n) is 8.04. The van der Waals surface area contributed by atoms with Crippen LogP contribution in [-0.4, -0.2) is 62.3 Å². The van der Waals surface area contributed by atoms with E-state index >= 15 is 0 Å². The van der Waals surface area contributed by atoms with Gasteiger partial charge in [0.1, 0.15) is 0 Å². The summed E-state index contributed by atoms with van der Waals surface area (Å²) in [7, 11) is 8.19. The van der Waals surface area contributed by atoms with E-state index in [0.29, 0.717) is 6.04 Å². The highest BCUT2D eigenvalue weighted by atomic mass is 16.3. The standard InChI is InChI=1S/C8H20N2O/c1-9(2)7-8(5-6-11)10(3)4/h8,11H,5-7H2,1-4H3. The zero-order chi connectivity index (χ0) is 8.85. The lowest BCUT2D eigenvalue weighted by molar-refractivity contribution is 0.177. The third kappa shape index (κ3) is 5.18. The summed E-state index contributed by atoms with van der Waals surface area (Å²) >= 11 is 0. The summed E-state index contributed by atoms with van der Waals surface area (Å²) in [5.41, 5.74) is 0. The van der Waals surface area contributed by atoms with Crippen molar-refractivity contribution in [2.45, 2.75) is 12.5 Å². The van der Waals surface area contributed by atoms with Crippen LogP contribution in [-0.2, 0) is 0 Å². The topological polar surface area (TPSA) is 26.7 Å². The van der Waals surface area contributed by atoms with Gasteiger partial charge < -0.3 is 14.9 Å². The molecular formula is C8H20N2O. The van der Waals surface area contributed by atoms with Gasteiger partial charge in [0.15, 0.2) is 0 Å². The third-order valence-corrected chi connectivity index (χ3v) is 1.77. The molecule has 0 radical (unpaired) electrons. The van der Waals surface area contributed by atoms with Crippen molar-refractivity contribution in [2.75, 3.05) is 41.3 Å². The molecule has 3 heteroatoms. The fourth-order valence-corrected chi connectivity index (χ4v) is 1.08. The third-order valence-electron chi connectivity index (χ3n) is 1.77. The van der Waals surface area contributed by atoms with E-state index in [-0.39, 0.29) is 6.61 Å². The average Bonchev–Trinajstić information content (AvgIpc) is 1.86. The molecule has 0 aliphatic rings. The predicted molar refractivity (Wildman–Crippen MR) is 47.7 cm³/mol. The quantitative estimate of drug-likeness (QED) is 0.606. The van der Waals surface area contributed by atoms with Crippen LogP contribution in [0.4, 0.5) is 0 Å². The van der Waals surface area contributed by atoms with Gasteiger partial charge in [-0.3, -0.25) is 0 Å². The molecule has 11 heavy (non-hydrogen) atoms. The highest BCUT2D eigenvalue weighted by molar-refractivity contribution is 4.67. The Balaban J connectivity index is 3.69. The van der Waals surface area contributed by atoms with Crippen LogP contribution in [0.3, 0.4) is 0 Å². The molecule has 0 rings (SSSR count). The molecular weight excluding hydrogens is 140 g/mol. The number of aliphatic hydroxyl groups is 1. The Morgan fingerprint density at radius 1 is 1.18 bits per heavy atom. The molecule has 0 spiro atoms. The lowest BCUT2D eigenvalue weighted by Gasteiger charge is -2.26. The fourth-order valence-electron chi connectivity index (χ4n) is 1.08. The Bertz CT molecular complexity index is 94.1. The molecule has 0 saturated heterocycles. The van der Waals surface area contributed by atoms with E-state index in [9.17, 15) is 0 Å². The highest BCUT2D eigenvalue weighted by Gasteiger charge is 2.10. The molecule has 1 unspecified atom stereocenters. The minimum Gasteiger partial charge on any atom is -0.396 e. The number of hydrogen-bond acceptors (Lipinski definition) is 3. The lowest BCUT2D eigenvalue weighted by Crippen LogP contribution is -2.38. The minimum atomic E-state index is 0.274. The van der Waals surface area contributed by atoms with Gasteiger partial charge in [-0.15, -0.1) is 0 Å². The number of hydrogen-bond donors (Lipinski definition) is 1. The molecule has 0 aromatic heterocycles. The van der Waals surface area contributed by atoms with Gasteiger partial charge in [0.2, 0.25) is 0 Å². The maximum absolute atomic E-state index is 8.75. The summed E-state index contributed by atoms with van der Waals surface area (Å²) in [5.74, 6) is 0. The Hall–Kier alpha value is -0.120. The highest BCUT2D eigenvalue weighted by Crippen LogP contribution is 1.99. The molecule has 0 aliphatic heterocycles. The molecule has 0 amide bonds. The molecule has 3 nitrogen and oxygen atoms in total. The van der Waals surface area contributed by atoms with Gasteiger partial charge in [0, 0.05) is 19.2 Å². The Labute approximate surface area is 69.6 Å². The van der Waals surface area contributed by atoms with Crippen LogP contribution < -0.4 is 0 Å². The largest absolute Gasteiger partial charge is 0.396 e. The van der Waals surface area contributed by atoms with Gasteiger partial charge in [-0.25, -0.2) is 0 Å². The van der Waals surface area contributed by atoms with E-state index in [2.05, 4.69) is 9.80 Å². The summed E-state index contributed by atoms with van der Waals surface area (Å²) in [5, 5.41) is 8.75. The number of aliphatic hydroxyl groups excluding tert-OH is 1. The summed E-state index contributed by atoms with van der Waals surface area (Å²) < 4.78 is 0. The molecule has 68 valence electrons. The normalized spacial score (nSPS) is 14.5. The van der Waals surface area contributed by atoms with E-state index in [1.807, 2.05) is 28.2 Å². The maximum atomic E-state index is 8.75. The van der Waals surface area contributed by atoms with Crippen molar-refractivity contribution in [3.05, 3.63) is 0 Å². The summed E-state index contributed by atoms with van der Waals surface area (Å²) in [4.78, 5) is 4.29. The molecule has 0 aromatic rings. The van der Waals surface area contributed by atoms with Crippen LogP contribution in [0.1, 0.15) is 6.42 Å². The second-order valence-corrected chi connectivity index (χ2v) is 3.39. The average molecular weight is 160 g/mol. The van der Waals surface area contributed by atoms with Crippen LogP contribution in [0.2, 0.25) is 0 Å². The van der Waals surface area contributed by atoms with Crippen molar-refractivity contribution in [1.82, 2.24) is 9.80 Å². The van der Waals surface area contributed by atoms with Gasteiger partial charge >= 0.3 is 0 Å². The van der Waals surface area contributed by atoms with Crippen molar-refractivity contribution >= 4 is 0 Å². The first-order valence-corrected chi connectivity index (χ1v) is 4.00. The molecule has 1 atom stereocenters. The zero-order valence-corrected chi connectivity index (χ0v) is 8.04. The SMILES string of the molecule is CN(C)CC(CCO)N(C)C. The van der Waals surface area contributed by atoms with Crippen LogP contribution in [0, 0.1) is 0 Å². The van der Waals surface area contributed by atoms with Gasteiger partial charge in [0.05, 0.1) is 0 Å². The predicted octanol–water partition coefficient (Wildman–Crippen LogP) is -0.139. The van der Waals surface area contributed by atoms with Crippen LogP contribution in [0.5, 0.6) is 0 Å². The number of likely N-dealkylation sites (N-methyl/N-ethyl adjacent to an activating group) is 2.